The maximum absolute atomic E-state index is 9.98. The summed E-state index contributed by atoms with van der Waals surface area (Å²) in [6.07, 6.45) is 11.3. The third-order valence-corrected chi connectivity index (χ3v) is 6.39. The van der Waals surface area contributed by atoms with Gasteiger partial charge in [0.25, 0.3) is 0 Å². The molecule has 1 fully saturated rings. The van der Waals surface area contributed by atoms with Gasteiger partial charge in [-0.05, 0) is 44.6 Å². The van der Waals surface area contributed by atoms with Crippen LogP contribution in [0.4, 0.5) is 0 Å². The Morgan fingerprint density at radius 3 is 2.94 bits per heavy atom. The highest BCUT2D eigenvalue weighted by molar-refractivity contribution is 6.02. The first-order valence-electron chi connectivity index (χ1n) is 11.2. The largest absolute Gasteiger partial charge is 0.366 e. The molecule has 0 bridgehead atoms. The van der Waals surface area contributed by atoms with E-state index in [9.17, 15) is 5.11 Å². The van der Waals surface area contributed by atoms with E-state index in [4.69, 9.17) is 15.0 Å². The van der Waals surface area contributed by atoms with Gasteiger partial charge in [-0.25, -0.2) is 9.97 Å². The molecule has 1 aliphatic carbocycles. The summed E-state index contributed by atoms with van der Waals surface area (Å²) in [5.41, 5.74) is 3.68. The van der Waals surface area contributed by atoms with Crippen LogP contribution in [0.1, 0.15) is 45.1 Å². The Morgan fingerprint density at radius 1 is 1.31 bits per heavy atom. The van der Waals surface area contributed by atoms with Crippen LogP contribution in [-0.4, -0.2) is 47.3 Å². The first kappa shape index (κ1) is 20.7. The van der Waals surface area contributed by atoms with Gasteiger partial charge in [0.2, 0.25) is 0 Å². The van der Waals surface area contributed by atoms with Crippen molar-refractivity contribution in [2.24, 2.45) is 5.92 Å². The maximum atomic E-state index is 9.98. The van der Waals surface area contributed by atoms with E-state index in [0.717, 1.165) is 59.1 Å². The fourth-order valence-electron chi connectivity index (χ4n) is 4.87. The molecule has 4 heterocycles. The normalized spacial score (nSPS) is 20.0. The van der Waals surface area contributed by atoms with Crippen LogP contribution in [0, 0.1) is 17.2 Å². The molecule has 0 amide bonds. The number of nitrogens with zero attached hydrogens (tertiary/aromatic N) is 6. The summed E-state index contributed by atoms with van der Waals surface area (Å²) >= 11 is 0. The highest BCUT2D eigenvalue weighted by Gasteiger charge is 2.28. The number of nitrogens with one attached hydrogen (secondary N) is 1. The van der Waals surface area contributed by atoms with Crippen molar-refractivity contribution in [1.82, 2.24) is 29.3 Å². The Labute approximate surface area is 185 Å². The van der Waals surface area contributed by atoms with Gasteiger partial charge in [-0.2, -0.15) is 10.4 Å². The molecular formula is C23H27N7O2. The van der Waals surface area contributed by atoms with E-state index in [2.05, 4.69) is 31.8 Å². The Hall–Kier alpha value is -3.22. The molecule has 0 saturated heterocycles. The van der Waals surface area contributed by atoms with E-state index in [1.165, 1.54) is 0 Å². The lowest BCUT2D eigenvalue weighted by Gasteiger charge is -2.29. The second kappa shape index (κ2) is 8.73. The third-order valence-electron chi connectivity index (χ3n) is 6.39. The minimum absolute atomic E-state index is 0.261. The zero-order valence-electron chi connectivity index (χ0n) is 18.1. The lowest BCUT2D eigenvalue weighted by Crippen LogP contribution is -2.19. The van der Waals surface area contributed by atoms with Gasteiger partial charge < -0.3 is 19.4 Å². The molecule has 4 aromatic heterocycles. The fourth-order valence-corrected chi connectivity index (χ4v) is 4.87. The van der Waals surface area contributed by atoms with Gasteiger partial charge in [0.15, 0.2) is 6.29 Å². The van der Waals surface area contributed by atoms with Crippen LogP contribution in [0.3, 0.4) is 0 Å². The number of fused-ring (bicyclic) bond motifs is 3. The number of rotatable bonds is 7. The van der Waals surface area contributed by atoms with Crippen molar-refractivity contribution in [3.8, 4) is 17.5 Å². The highest BCUT2D eigenvalue weighted by Crippen LogP contribution is 2.40. The van der Waals surface area contributed by atoms with Crippen molar-refractivity contribution in [1.29, 1.82) is 5.26 Å². The van der Waals surface area contributed by atoms with Crippen molar-refractivity contribution in [2.45, 2.75) is 57.9 Å². The summed E-state index contributed by atoms with van der Waals surface area (Å²) in [7, 11) is 0. The van der Waals surface area contributed by atoms with Crippen LogP contribution in [0.5, 0.6) is 0 Å². The van der Waals surface area contributed by atoms with Crippen molar-refractivity contribution < 1.29 is 9.84 Å². The molecule has 0 aromatic carbocycles. The Morgan fingerprint density at radius 2 is 2.16 bits per heavy atom. The van der Waals surface area contributed by atoms with Gasteiger partial charge in [-0.15, -0.1) is 0 Å². The molecule has 1 aliphatic rings. The zero-order chi connectivity index (χ0) is 22.1. The highest BCUT2D eigenvalue weighted by atomic mass is 16.6. The molecule has 2 N–H and O–H groups in total. The number of ether oxygens (including phenoxy) is 1. The Kier molecular flexibility index (Phi) is 5.64. The maximum Gasteiger partial charge on any atom is 0.174 e. The molecule has 4 aromatic rings. The molecule has 9 nitrogen and oxygen atoms in total. The molecule has 0 aliphatic heterocycles. The van der Waals surface area contributed by atoms with Crippen LogP contribution >= 0.6 is 0 Å². The van der Waals surface area contributed by atoms with Gasteiger partial charge in [0.1, 0.15) is 17.0 Å². The average Bonchev–Trinajstić information content (AvgIpc) is 3.52. The molecule has 0 radical (unpaired) electrons. The van der Waals surface area contributed by atoms with Crippen LogP contribution in [0.15, 0.2) is 30.9 Å². The van der Waals surface area contributed by atoms with Crippen LogP contribution in [-0.2, 0) is 11.3 Å². The van der Waals surface area contributed by atoms with E-state index < -0.39 is 6.29 Å². The van der Waals surface area contributed by atoms with E-state index >= 15 is 0 Å². The minimum atomic E-state index is -0.898. The quantitative estimate of drug-likeness (QED) is 0.428. The summed E-state index contributed by atoms with van der Waals surface area (Å²) in [5, 5.41) is 24.5. The number of aliphatic hydroxyl groups excluding tert-OH is 1. The molecule has 166 valence electrons. The summed E-state index contributed by atoms with van der Waals surface area (Å²) in [6, 6.07) is 4.67. The first-order chi connectivity index (χ1) is 15.7. The number of H-pyrrole nitrogens is 1. The topological polar surface area (TPSA) is 118 Å². The molecule has 0 spiro atoms. The second-order valence-corrected chi connectivity index (χ2v) is 8.44. The summed E-state index contributed by atoms with van der Waals surface area (Å²) < 4.78 is 9.27. The fraction of sp³-hybridized carbons (Fsp3) is 0.478. The van der Waals surface area contributed by atoms with Gasteiger partial charge in [-0.3, -0.25) is 4.68 Å². The molecule has 9 heteroatoms. The SMILES string of the molecule is CCOC(O)Cn1cc(-c2nc3cnc4[nH]ccc4c3n2C2CCC(CC#N)CC2)cn1. The van der Waals surface area contributed by atoms with Crippen molar-refractivity contribution >= 4 is 22.1 Å². The smallest absolute Gasteiger partial charge is 0.174 e. The number of nitriles is 1. The van der Waals surface area contributed by atoms with Gasteiger partial charge in [0.05, 0.1) is 36.1 Å². The molecule has 32 heavy (non-hydrogen) atoms. The lowest BCUT2D eigenvalue weighted by atomic mass is 9.84. The average molecular weight is 434 g/mol. The standard InChI is InChI=1S/C23H27N7O2/c1-2-32-20(31)14-29-13-16(11-27-29)23-28-19-12-26-22-18(8-10-25-22)21(19)30(23)17-5-3-15(4-6-17)7-9-24/h8,10-13,15,17,20,31H,2-7,14H2,1H3,(H,25,26). The minimum Gasteiger partial charge on any atom is -0.366 e. The lowest BCUT2D eigenvalue weighted by molar-refractivity contribution is -0.105. The number of aromatic nitrogens is 6. The zero-order valence-corrected chi connectivity index (χ0v) is 18.1. The monoisotopic (exact) mass is 433 g/mol. The summed E-state index contributed by atoms with van der Waals surface area (Å²) in [6.45, 7) is 2.55. The molecular weight excluding hydrogens is 406 g/mol. The van der Waals surface area contributed by atoms with Gasteiger partial charge >= 0.3 is 0 Å². The van der Waals surface area contributed by atoms with Crippen LogP contribution in [0.2, 0.25) is 0 Å². The molecule has 1 unspecified atom stereocenters. The summed E-state index contributed by atoms with van der Waals surface area (Å²) in [5.74, 6) is 1.34. The van der Waals surface area contributed by atoms with E-state index in [1.54, 1.807) is 10.9 Å². The van der Waals surface area contributed by atoms with Gasteiger partial charge in [0, 0.05) is 36.8 Å². The van der Waals surface area contributed by atoms with E-state index in [0.29, 0.717) is 25.0 Å². The van der Waals surface area contributed by atoms with Crippen molar-refractivity contribution in [3.63, 3.8) is 0 Å². The molecule has 1 saturated carbocycles. The number of hydrogen-bond donors (Lipinski definition) is 2. The number of aromatic amines is 1. The first-order valence-corrected chi connectivity index (χ1v) is 11.2. The second-order valence-electron chi connectivity index (χ2n) is 8.44. The number of pyridine rings is 1. The van der Waals surface area contributed by atoms with Crippen LogP contribution < -0.4 is 0 Å². The molecule has 1 atom stereocenters. The van der Waals surface area contributed by atoms with Crippen LogP contribution in [0.25, 0.3) is 33.5 Å². The number of hydrogen-bond acceptors (Lipinski definition) is 6. The molecule has 5 rings (SSSR count). The predicted molar refractivity (Wildman–Crippen MR) is 119 cm³/mol. The summed E-state index contributed by atoms with van der Waals surface area (Å²) in [4.78, 5) is 12.7. The predicted octanol–water partition coefficient (Wildman–Crippen LogP) is 3.78. The van der Waals surface area contributed by atoms with E-state index in [-0.39, 0.29) is 6.54 Å². The Balaban J connectivity index is 1.56. The van der Waals surface area contributed by atoms with Gasteiger partial charge in [-0.1, -0.05) is 0 Å². The van der Waals surface area contributed by atoms with Crippen molar-refractivity contribution in [2.75, 3.05) is 6.61 Å². The third kappa shape index (κ3) is 3.76. The van der Waals surface area contributed by atoms with E-state index in [1.807, 2.05) is 25.5 Å². The number of aliphatic hydroxyl groups is 1. The van der Waals surface area contributed by atoms with Crippen molar-refractivity contribution in [3.05, 3.63) is 30.9 Å². The Bertz CT molecular complexity index is 1260. The number of imidazole rings is 1.